The van der Waals surface area contributed by atoms with Crippen LogP contribution in [-0.4, -0.2) is 22.8 Å². The Morgan fingerprint density at radius 3 is 2.63 bits per heavy atom. The van der Waals surface area contributed by atoms with Crippen LogP contribution < -0.4 is 10.1 Å². The minimum absolute atomic E-state index is 0.268. The standard InChI is InChI=1S/C20H19Cl2N3O2/c1-3-10-25-18(20(26)23-13-8-9-15(21)16(22)11-13)12-17(24-25)14-6-4-5-7-19(14)27-2/h4-9,11-12H,3,10H2,1-2H3,(H,23,26). The number of aryl methyl sites for hydroxylation is 1. The van der Waals surface area contributed by atoms with Gasteiger partial charge >= 0.3 is 0 Å². The van der Waals surface area contributed by atoms with E-state index in [9.17, 15) is 4.79 Å². The predicted octanol–water partition coefficient (Wildman–Crippen LogP) is 5.53. The highest BCUT2D eigenvalue weighted by Gasteiger charge is 2.18. The maximum Gasteiger partial charge on any atom is 0.273 e. The molecule has 0 aliphatic carbocycles. The summed E-state index contributed by atoms with van der Waals surface area (Å²) in [4.78, 5) is 12.8. The van der Waals surface area contributed by atoms with E-state index in [0.29, 0.717) is 39.4 Å². The molecule has 1 amide bonds. The molecule has 1 heterocycles. The molecule has 27 heavy (non-hydrogen) atoms. The minimum atomic E-state index is -0.268. The van der Waals surface area contributed by atoms with Crippen molar-refractivity contribution < 1.29 is 9.53 Å². The largest absolute Gasteiger partial charge is 0.496 e. The third kappa shape index (κ3) is 4.26. The number of para-hydroxylation sites is 1. The fraction of sp³-hybridized carbons (Fsp3) is 0.200. The number of methoxy groups -OCH3 is 1. The summed E-state index contributed by atoms with van der Waals surface area (Å²) in [6, 6.07) is 14.3. The van der Waals surface area contributed by atoms with Gasteiger partial charge in [-0.15, -0.1) is 0 Å². The number of rotatable bonds is 6. The Kier molecular flexibility index (Phi) is 6.04. The average molecular weight is 404 g/mol. The highest BCUT2D eigenvalue weighted by Crippen LogP contribution is 2.30. The number of benzene rings is 2. The van der Waals surface area contributed by atoms with Gasteiger partial charge in [-0.1, -0.05) is 42.3 Å². The van der Waals surface area contributed by atoms with Crippen molar-refractivity contribution in [3.8, 4) is 17.0 Å². The van der Waals surface area contributed by atoms with E-state index in [4.69, 9.17) is 27.9 Å². The molecule has 2 aromatic carbocycles. The molecular weight excluding hydrogens is 385 g/mol. The molecule has 0 aliphatic heterocycles. The van der Waals surface area contributed by atoms with E-state index in [1.165, 1.54) is 0 Å². The summed E-state index contributed by atoms with van der Waals surface area (Å²) in [6.07, 6.45) is 0.847. The zero-order chi connectivity index (χ0) is 19.4. The summed E-state index contributed by atoms with van der Waals surface area (Å²) in [7, 11) is 1.61. The molecule has 0 saturated heterocycles. The van der Waals surface area contributed by atoms with Gasteiger partial charge in [0.15, 0.2) is 0 Å². The first-order valence-corrected chi connectivity index (χ1v) is 9.26. The Labute approximate surface area is 167 Å². The van der Waals surface area contributed by atoms with E-state index in [2.05, 4.69) is 10.4 Å². The molecule has 3 aromatic rings. The van der Waals surface area contributed by atoms with Crippen LogP contribution in [0.25, 0.3) is 11.3 Å². The van der Waals surface area contributed by atoms with Gasteiger partial charge in [0, 0.05) is 17.8 Å². The highest BCUT2D eigenvalue weighted by molar-refractivity contribution is 6.42. The van der Waals surface area contributed by atoms with Crippen LogP contribution in [0.15, 0.2) is 48.5 Å². The number of aromatic nitrogens is 2. The molecule has 7 heteroatoms. The number of amides is 1. The van der Waals surface area contributed by atoms with Crippen LogP contribution in [0.1, 0.15) is 23.8 Å². The van der Waals surface area contributed by atoms with E-state index in [-0.39, 0.29) is 5.91 Å². The fourth-order valence-electron chi connectivity index (χ4n) is 2.74. The number of nitrogens with zero attached hydrogens (tertiary/aromatic N) is 2. The van der Waals surface area contributed by atoms with E-state index >= 15 is 0 Å². The lowest BCUT2D eigenvalue weighted by molar-refractivity contribution is 0.101. The normalized spacial score (nSPS) is 10.7. The Morgan fingerprint density at radius 2 is 1.93 bits per heavy atom. The Hall–Kier alpha value is -2.50. The van der Waals surface area contributed by atoms with Gasteiger partial charge < -0.3 is 10.1 Å². The molecule has 1 N–H and O–H groups in total. The monoisotopic (exact) mass is 403 g/mol. The van der Waals surface area contributed by atoms with Crippen molar-refractivity contribution in [2.45, 2.75) is 19.9 Å². The molecule has 140 valence electrons. The van der Waals surface area contributed by atoms with Crippen LogP contribution in [0.5, 0.6) is 5.75 Å². The first-order chi connectivity index (χ1) is 13.0. The van der Waals surface area contributed by atoms with Crippen LogP contribution in [-0.2, 0) is 6.54 Å². The second-order valence-corrected chi connectivity index (χ2v) is 6.74. The third-order valence-corrected chi connectivity index (χ3v) is 4.75. The van der Waals surface area contributed by atoms with Gasteiger partial charge in [0.05, 0.1) is 22.8 Å². The second kappa shape index (κ2) is 8.46. The highest BCUT2D eigenvalue weighted by atomic mass is 35.5. The summed E-state index contributed by atoms with van der Waals surface area (Å²) < 4.78 is 7.12. The molecule has 0 bridgehead atoms. The van der Waals surface area contributed by atoms with Crippen molar-refractivity contribution in [2.24, 2.45) is 0 Å². The molecule has 0 atom stereocenters. The molecule has 0 fully saturated rings. The maximum atomic E-state index is 12.8. The van der Waals surface area contributed by atoms with E-state index in [0.717, 1.165) is 12.0 Å². The summed E-state index contributed by atoms with van der Waals surface area (Å²) in [5, 5.41) is 8.26. The number of halogens is 2. The molecule has 1 aromatic heterocycles. The quantitative estimate of drug-likeness (QED) is 0.588. The SMILES string of the molecule is CCCn1nc(-c2ccccc2OC)cc1C(=O)Nc1ccc(Cl)c(Cl)c1. The van der Waals surface area contributed by atoms with Crippen molar-refractivity contribution in [3.63, 3.8) is 0 Å². The predicted molar refractivity (Wildman–Crippen MR) is 109 cm³/mol. The lowest BCUT2D eigenvalue weighted by Gasteiger charge is -2.08. The molecular formula is C20H19Cl2N3O2. The number of carbonyl (C=O) groups is 1. The first-order valence-electron chi connectivity index (χ1n) is 8.51. The number of carbonyl (C=O) groups excluding carboxylic acids is 1. The topological polar surface area (TPSA) is 56.2 Å². The molecule has 0 unspecified atom stereocenters. The lowest BCUT2D eigenvalue weighted by Crippen LogP contribution is -2.17. The number of ether oxygens (including phenoxy) is 1. The van der Waals surface area contributed by atoms with Crippen LogP contribution >= 0.6 is 23.2 Å². The molecule has 0 radical (unpaired) electrons. The summed E-state index contributed by atoms with van der Waals surface area (Å²) >= 11 is 12.0. The van der Waals surface area contributed by atoms with Gasteiger partial charge in [0.2, 0.25) is 0 Å². The van der Waals surface area contributed by atoms with Crippen LogP contribution in [0.4, 0.5) is 5.69 Å². The van der Waals surface area contributed by atoms with E-state index < -0.39 is 0 Å². The molecule has 0 spiro atoms. The third-order valence-electron chi connectivity index (χ3n) is 4.01. The first kappa shape index (κ1) is 19.3. The Bertz CT molecular complexity index is 970. The average Bonchev–Trinajstić information content (AvgIpc) is 3.09. The van der Waals surface area contributed by atoms with Gasteiger partial charge in [0.25, 0.3) is 5.91 Å². The number of anilines is 1. The van der Waals surface area contributed by atoms with Crippen molar-refractivity contribution in [2.75, 3.05) is 12.4 Å². The molecule has 0 saturated carbocycles. The van der Waals surface area contributed by atoms with Gasteiger partial charge in [0.1, 0.15) is 11.4 Å². The van der Waals surface area contributed by atoms with Crippen molar-refractivity contribution in [3.05, 3.63) is 64.3 Å². The van der Waals surface area contributed by atoms with Gasteiger partial charge in [-0.3, -0.25) is 9.48 Å². The van der Waals surface area contributed by atoms with Crippen molar-refractivity contribution >= 4 is 34.8 Å². The Morgan fingerprint density at radius 1 is 1.15 bits per heavy atom. The summed E-state index contributed by atoms with van der Waals surface area (Å²) in [6.45, 7) is 2.66. The second-order valence-electron chi connectivity index (χ2n) is 5.92. The van der Waals surface area contributed by atoms with Crippen LogP contribution in [0.3, 0.4) is 0 Å². The van der Waals surface area contributed by atoms with Gasteiger partial charge in [-0.05, 0) is 42.8 Å². The number of nitrogens with one attached hydrogen (secondary N) is 1. The molecule has 5 nitrogen and oxygen atoms in total. The fourth-order valence-corrected chi connectivity index (χ4v) is 3.04. The van der Waals surface area contributed by atoms with E-state index in [1.54, 1.807) is 36.1 Å². The van der Waals surface area contributed by atoms with Crippen LogP contribution in [0.2, 0.25) is 10.0 Å². The van der Waals surface area contributed by atoms with Crippen molar-refractivity contribution in [1.29, 1.82) is 0 Å². The summed E-state index contributed by atoms with van der Waals surface area (Å²) in [5.41, 5.74) is 2.54. The zero-order valence-electron chi connectivity index (χ0n) is 15.0. The van der Waals surface area contributed by atoms with Crippen molar-refractivity contribution in [1.82, 2.24) is 9.78 Å². The smallest absolute Gasteiger partial charge is 0.273 e. The Balaban J connectivity index is 1.95. The summed E-state index contributed by atoms with van der Waals surface area (Å²) in [5.74, 6) is 0.436. The van der Waals surface area contributed by atoms with Gasteiger partial charge in [-0.2, -0.15) is 5.10 Å². The van der Waals surface area contributed by atoms with E-state index in [1.807, 2.05) is 31.2 Å². The van der Waals surface area contributed by atoms with Crippen LogP contribution in [0, 0.1) is 0 Å². The lowest BCUT2D eigenvalue weighted by atomic mass is 10.1. The number of hydrogen-bond donors (Lipinski definition) is 1. The molecule has 3 rings (SSSR count). The zero-order valence-corrected chi connectivity index (χ0v) is 16.5. The molecule has 0 aliphatic rings. The number of hydrogen-bond acceptors (Lipinski definition) is 3. The maximum absolute atomic E-state index is 12.8. The minimum Gasteiger partial charge on any atom is -0.496 e. The van der Waals surface area contributed by atoms with Gasteiger partial charge in [-0.25, -0.2) is 0 Å².